The van der Waals surface area contributed by atoms with Crippen molar-refractivity contribution >= 4 is 51.4 Å². The molecule has 2 aromatic heterocycles. The van der Waals surface area contributed by atoms with Gasteiger partial charge in [-0.1, -0.05) is 47.1 Å². The highest BCUT2D eigenvalue weighted by molar-refractivity contribution is 7.98. The molecule has 164 valence electrons. The van der Waals surface area contributed by atoms with Gasteiger partial charge in [-0.2, -0.15) is 0 Å². The fourth-order valence-electron chi connectivity index (χ4n) is 3.64. The molecule has 0 bridgehead atoms. The summed E-state index contributed by atoms with van der Waals surface area (Å²) in [4.78, 5) is 19.0. The molecule has 0 saturated carbocycles. The van der Waals surface area contributed by atoms with Gasteiger partial charge in [0.2, 0.25) is 5.91 Å². The topological polar surface area (TPSA) is 63.9 Å². The SMILES string of the molecule is CC(=O)N(c1nc(CSc2nncn2-c2cccc(Cl)c2)cs1)c1c(C)cc(C)cc1C. The van der Waals surface area contributed by atoms with E-state index < -0.39 is 0 Å². The number of carbonyl (C=O) groups excluding carboxylic acids is 1. The number of benzene rings is 2. The van der Waals surface area contributed by atoms with E-state index in [4.69, 9.17) is 16.6 Å². The van der Waals surface area contributed by atoms with Gasteiger partial charge >= 0.3 is 0 Å². The molecule has 32 heavy (non-hydrogen) atoms. The van der Waals surface area contributed by atoms with Crippen molar-refractivity contribution in [2.24, 2.45) is 0 Å². The first-order chi connectivity index (χ1) is 15.3. The van der Waals surface area contributed by atoms with Gasteiger partial charge in [0.25, 0.3) is 0 Å². The van der Waals surface area contributed by atoms with Gasteiger partial charge in [0.15, 0.2) is 10.3 Å². The van der Waals surface area contributed by atoms with E-state index in [1.165, 1.54) is 28.7 Å². The number of thioether (sulfide) groups is 1. The number of rotatable bonds is 6. The number of hydrogen-bond donors (Lipinski definition) is 0. The molecule has 6 nitrogen and oxygen atoms in total. The average Bonchev–Trinajstić information content (AvgIpc) is 3.38. The van der Waals surface area contributed by atoms with Crippen LogP contribution >= 0.6 is 34.7 Å². The van der Waals surface area contributed by atoms with Gasteiger partial charge in [-0.3, -0.25) is 14.3 Å². The molecule has 4 aromatic rings. The van der Waals surface area contributed by atoms with Crippen LogP contribution in [-0.4, -0.2) is 25.7 Å². The van der Waals surface area contributed by atoms with E-state index in [1.807, 2.05) is 48.1 Å². The number of aromatic nitrogens is 4. The molecule has 2 heterocycles. The van der Waals surface area contributed by atoms with Gasteiger partial charge < -0.3 is 0 Å². The van der Waals surface area contributed by atoms with E-state index in [-0.39, 0.29) is 5.91 Å². The molecule has 9 heteroatoms. The predicted molar refractivity (Wildman–Crippen MR) is 132 cm³/mol. The number of halogens is 1. The number of aryl methyl sites for hydroxylation is 3. The van der Waals surface area contributed by atoms with Crippen LogP contribution in [0.4, 0.5) is 10.8 Å². The summed E-state index contributed by atoms with van der Waals surface area (Å²) in [5.41, 5.74) is 5.96. The summed E-state index contributed by atoms with van der Waals surface area (Å²) in [6.07, 6.45) is 1.67. The van der Waals surface area contributed by atoms with E-state index in [0.717, 1.165) is 33.4 Å². The first-order valence-corrected chi connectivity index (χ1v) is 12.2. The number of thiazole rings is 1. The van der Waals surface area contributed by atoms with Crippen LogP contribution in [0.2, 0.25) is 5.02 Å². The minimum Gasteiger partial charge on any atom is -0.277 e. The Hall–Kier alpha value is -2.68. The number of anilines is 2. The standard InChI is InChI=1S/C23H22ClN5OS2/c1-14-8-15(2)21(16(3)9-14)29(17(4)30)22-26-19(11-31-22)12-32-23-27-25-13-28(23)20-7-5-6-18(24)10-20/h5-11,13H,12H2,1-4H3. The molecule has 0 unspecified atom stereocenters. The van der Waals surface area contributed by atoms with Crippen molar-refractivity contribution < 1.29 is 4.79 Å². The molecule has 4 rings (SSSR count). The molecule has 1 amide bonds. The lowest BCUT2D eigenvalue weighted by molar-refractivity contribution is -0.115. The molecular weight excluding hydrogens is 462 g/mol. The second kappa shape index (κ2) is 9.44. The van der Waals surface area contributed by atoms with Gasteiger partial charge in [0.1, 0.15) is 6.33 Å². The zero-order chi connectivity index (χ0) is 22.8. The van der Waals surface area contributed by atoms with Crippen molar-refractivity contribution in [1.82, 2.24) is 19.7 Å². The molecule has 0 saturated heterocycles. The summed E-state index contributed by atoms with van der Waals surface area (Å²) in [6.45, 7) is 7.68. The number of amides is 1. The first kappa shape index (κ1) is 22.5. The monoisotopic (exact) mass is 483 g/mol. The molecule has 0 aliphatic carbocycles. The average molecular weight is 484 g/mol. The lowest BCUT2D eigenvalue weighted by atomic mass is 10.0. The highest BCUT2D eigenvalue weighted by Gasteiger charge is 2.22. The van der Waals surface area contributed by atoms with Gasteiger partial charge in [-0.15, -0.1) is 21.5 Å². The highest BCUT2D eigenvalue weighted by Crippen LogP contribution is 2.35. The summed E-state index contributed by atoms with van der Waals surface area (Å²) < 4.78 is 1.89. The minimum absolute atomic E-state index is 0.0608. The molecule has 0 aliphatic heterocycles. The summed E-state index contributed by atoms with van der Waals surface area (Å²) in [5, 5.41) is 12.3. The third kappa shape index (κ3) is 4.72. The maximum Gasteiger partial charge on any atom is 0.230 e. The third-order valence-electron chi connectivity index (χ3n) is 4.86. The molecule has 0 atom stereocenters. The van der Waals surface area contributed by atoms with Crippen molar-refractivity contribution in [2.45, 2.75) is 38.6 Å². The number of hydrogen-bond acceptors (Lipinski definition) is 6. The number of nitrogens with zero attached hydrogens (tertiary/aromatic N) is 5. The first-order valence-electron chi connectivity index (χ1n) is 9.95. The zero-order valence-electron chi connectivity index (χ0n) is 18.2. The van der Waals surface area contributed by atoms with Crippen molar-refractivity contribution in [1.29, 1.82) is 0 Å². The van der Waals surface area contributed by atoms with Crippen LogP contribution < -0.4 is 4.90 Å². The zero-order valence-corrected chi connectivity index (χ0v) is 20.6. The smallest absolute Gasteiger partial charge is 0.230 e. The molecule has 2 aromatic carbocycles. The summed E-state index contributed by atoms with van der Waals surface area (Å²) >= 11 is 9.12. The molecule has 0 spiro atoms. The molecule has 0 radical (unpaired) electrons. The van der Waals surface area contributed by atoms with Crippen LogP contribution in [0.5, 0.6) is 0 Å². The molecule has 0 N–H and O–H groups in total. The quantitative estimate of drug-likeness (QED) is 0.302. The van der Waals surface area contributed by atoms with Crippen LogP contribution in [0, 0.1) is 20.8 Å². The third-order valence-corrected chi connectivity index (χ3v) is 6.94. The maximum absolute atomic E-state index is 12.6. The van der Waals surface area contributed by atoms with Gasteiger partial charge in [0, 0.05) is 23.1 Å². The fourth-order valence-corrected chi connectivity index (χ4v) is 5.63. The largest absolute Gasteiger partial charge is 0.277 e. The van der Waals surface area contributed by atoms with Crippen LogP contribution in [0.15, 0.2) is 53.3 Å². The predicted octanol–water partition coefficient (Wildman–Crippen LogP) is 6.28. The second-order valence-electron chi connectivity index (χ2n) is 7.48. The van der Waals surface area contributed by atoms with Crippen LogP contribution in [0.3, 0.4) is 0 Å². The summed E-state index contributed by atoms with van der Waals surface area (Å²) in [6, 6.07) is 11.7. The van der Waals surface area contributed by atoms with E-state index >= 15 is 0 Å². The van der Waals surface area contributed by atoms with E-state index in [9.17, 15) is 4.79 Å². The molecule has 0 fully saturated rings. The molecule has 0 aliphatic rings. The van der Waals surface area contributed by atoms with Crippen molar-refractivity contribution in [3.8, 4) is 5.69 Å². The Morgan fingerprint density at radius 2 is 1.94 bits per heavy atom. The van der Waals surface area contributed by atoms with Crippen LogP contribution in [0.1, 0.15) is 29.3 Å². The van der Waals surface area contributed by atoms with E-state index in [2.05, 4.69) is 29.3 Å². The maximum atomic E-state index is 12.6. The Morgan fingerprint density at radius 3 is 2.62 bits per heavy atom. The van der Waals surface area contributed by atoms with Gasteiger partial charge in [-0.05, 0) is 50.1 Å². The Bertz CT molecular complexity index is 1260. The minimum atomic E-state index is -0.0608. The van der Waals surface area contributed by atoms with Crippen molar-refractivity contribution in [3.63, 3.8) is 0 Å². The Balaban J connectivity index is 1.56. The number of carbonyl (C=O) groups is 1. The normalized spacial score (nSPS) is 11.0. The molecular formula is C23H22ClN5OS2. The Labute approximate surface area is 200 Å². The fraction of sp³-hybridized carbons (Fsp3) is 0.217. The van der Waals surface area contributed by atoms with Crippen molar-refractivity contribution in [2.75, 3.05) is 4.90 Å². The van der Waals surface area contributed by atoms with Crippen LogP contribution in [-0.2, 0) is 10.5 Å². The van der Waals surface area contributed by atoms with Gasteiger partial charge in [0.05, 0.1) is 17.1 Å². The second-order valence-corrected chi connectivity index (χ2v) is 9.69. The van der Waals surface area contributed by atoms with E-state index in [1.54, 1.807) is 18.2 Å². The lowest BCUT2D eigenvalue weighted by Crippen LogP contribution is -2.24. The van der Waals surface area contributed by atoms with E-state index in [0.29, 0.717) is 15.9 Å². The summed E-state index contributed by atoms with van der Waals surface area (Å²) in [7, 11) is 0. The van der Waals surface area contributed by atoms with Crippen LogP contribution in [0.25, 0.3) is 5.69 Å². The van der Waals surface area contributed by atoms with Crippen molar-refractivity contribution in [3.05, 3.63) is 75.5 Å². The Kier molecular flexibility index (Phi) is 6.64. The highest BCUT2D eigenvalue weighted by atomic mass is 35.5. The Morgan fingerprint density at radius 1 is 1.19 bits per heavy atom. The van der Waals surface area contributed by atoms with Gasteiger partial charge in [-0.25, -0.2) is 4.98 Å². The summed E-state index contributed by atoms with van der Waals surface area (Å²) in [5.74, 6) is 0.544. The lowest BCUT2D eigenvalue weighted by Gasteiger charge is -2.23.